The number of hydrogen-bond donors (Lipinski definition) is 4. The number of amides is 1. The van der Waals surface area contributed by atoms with Crippen molar-refractivity contribution in [2.75, 3.05) is 26.9 Å². The molecule has 3 aromatic carbocycles. The molecule has 3 rings (SSSR count). The van der Waals surface area contributed by atoms with Gasteiger partial charge in [-0.15, -0.1) is 0 Å². The van der Waals surface area contributed by atoms with Gasteiger partial charge in [0.1, 0.15) is 23.1 Å². The standard InChI is InChI=1S/C32H40N2O9S/c1-31(2,3)23-14-16-26(17-15-23)44(39,40)34-28(27(30(37)38)33-29(36)22-10-7-6-8-11-22)32(4,21-42-19-18-35)43-25-13-9-12-24(20-25)41-5/h6-17,20,27-28,34-35H,18-19,21H2,1-5H3,(H,33,36)(H,37,38). The number of methoxy groups -OCH3 is 1. The summed E-state index contributed by atoms with van der Waals surface area (Å²) in [4.78, 5) is 25.9. The average Bonchev–Trinajstić information content (AvgIpc) is 2.99. The molecule has 0 spiro atoms. The fourth-order valence-corrected chi connectivity index (χ4v) is 5.82. The zero-order chi connectivity index (χ0) is 32.5. The number of carbonyl (C=O) groups is 2. The molecule has 3 unspecified atom stereocenters. The summed E-state index contributed by atoms with van der Waals surface area (Å²) in [5, 5.41) is 22.2. The van der Waals surface area contributed by atoms with E-state index in [1.54, 1.807) is 54.6 Å². The monoisotopic (exact) mass is 628 g/mol. The Hall–Kier alpha value is -3.97. The summed E-state index contributed by atoms with van der Waals surface area (Å²) in [6.45, 7) is 6.58. The van der Waals surface area contributed by atoms with E-state index in [2.05, 4.69) is 10.0 Å². The minimum absolute atomic E-state index is 0.117. The molecular weight excluding hydrogens is 588 g/mol. The Morgan fingerprint density at radius 2 is 1.55 bits per heavy atom. The topological polar surface area (TPSA) is 160 Å². The zero-order valence-corrected chi connectivity index (χ0v) is 26.3. The van der Waals surface area contributed by atoms with Gasteiger partial charge >= 0.3 is 5.97 Å². The van der Waals surface area contributed by atoms with Crippen molar-refractivity contribution in [1.29, 1.82) is 0 Å². The van der Waals surface area contributed by atoms with Crippen LogP contribution in [-0.2, 0) is 25.0 Å². The second-order valence-electron chi connectivity index (χ2n) is 11.4. The van der Waals surface area contributed by atoms with Crippen LogP contribution in [0.5, 0.6) is 11.5 Å². The fourth-order valence-electron chi connectivity index (χ4n) is 4.47. The third kappa shape index (κ3) is 9.02. The molecule has 238 valence electrons. The minimum Gasteiger partial charge on any atom is -0.497 e. The van der Waals surface area contributed by atoms with Gasteiger partial charge in [-0.2, -0.15) is 0 Å². The largest absolute Gasteiger partial charge is 0.497 e. The van der Waals surface area contributed by atoms with E-state index in [-0.39, 0.29) is 41.4 Å². The lowest BCUT2D eigenvalue weighted by atomic mass is 9.87. The first-order valence-electron chi connectivity index (χ1n) is 13.9. The quantitative estimate of drug-likeness (QED) is 0.185. The number of carboxylic acid groups (broad SMARTS) is 1. The maximum absolute atomic E-state index is 13.8. The van der Waals surface area contributed by atoms with E-state index >= 15 is 0 Å². The molecule has 0 heterocycles. The van der Waals surface area contributed by atoms with Crippen molar-refractivity contribution in [3.8, 4) is 11.5 Å². The molecule has 44 heavy (non-hydrogen) atoms. The number of nitrogens with one attached hydrogen (secondary N) is 2. The third-order valence-electron chi connectivity index (χ3n) is 6.91. The van der Waals surface area contributed by atoms with Crippen LogP contribution in [0.4, 0.5) is 0 Å². The SMILES string of the molecule is COc1cccc(OC(C)(COCCO)C(NS(=O)(=O)c2ccc(C(C)(C)C)cc2)C(NC(=O)c2ccccc2)C(=O)O)c1. The summed E-state index contributed by atoms with van der Waals surface area (Å²) in [6.07, 6.45) is 0. The van der Waals surface area contributed by atoms with E-state index in [0.717, 1.165) is 5.56 Å². The molecule has 11 nitrogen and oxygen atoms in total. The lowest BCUT2D eigenvalue weighted by Crippen LogP contribution is -2.67. The van der Waals surface area contributed by atoms with Crippen LogP contribution >= 0.6 is 0 Å². The van der Waals surface area contributed by atoms with E-state index in [1.807, 2.05) is 20.8 Å². The molecule has 0 radical (unpaired) electrons. The van der Waals surface area contributed by atoms with Crippen LogP contribution in [-0.4, -0.2) is 75.1 Å². The number of carbonyl (C=O) groups excluding carboxylic acids is 1. The van der Waals surface area contributed by atoms with Gasteiger partial charge in [-0.25, -0.2) is 17.9 Å². The van der Waals surface area contributed by atoms with Gasteiger partial charge in [-0.05, 0) is 54.3 Å². The normalized spacial score (nSPS) is 14.6. The third-order valence-corrected chi connectivity index (χ3v) is 8.37. The maximum atomic E-state index is 13.8. The number of benzene rings is 3. The van der Waals surface area contributed by atoms with Gasteiger partial charge in [-0.1, -0.05) is 57.2 Å². The van der Waals surface area contributed by atoms with E-state index in [0.29, 0.717) is 5.75 Å². The Balaban J connectivity index is 2.14. The van der Waals surface area contributed by atoms with Crippen molar-refractivity contribution >= 4 is 21.9 Å². The van der Waals surface area contributed by atoms with Crippen LogP contribution in [0.15, 0.2) is 83.8 Å². The summed E-state index contributed by atoms with van der Waals surface area (Å²) in [7, 11) is -2.93. The van der Waals surface area contributed by atoms with Crippen molar-refractivity contribution < 1.29 is 42.4 Å². The van der Waals surface area contributed by atoms with Crippen LogP contribution in [0, 0.1) is 0 Å². The van der Waals surface area contributed by atoms with Crippen molar-refractivity contribution in [2.24, 2.45) is 0 Å². The number of hydrogen-bond acceptors (Lipinski definition) is 8. The summed E-state index contributed by atoms with van der Waals surface area (Å²) >= 11 is 0. The minimum atomic E-state index is -4.39. The summed E-state index contributed by atoms with van der Waals surface area (Å²) < 4.78 is 47.4. The van der Waals surface area contributed by atoms with Gasteiger partial charge in [0.15, 0.2) is 0 Å². The molecule has 0 saturated carbocycles. The first kappa shape index (κ1) is 34.5. The molecule has 3 atom stereocenters. The molecular formula is C32H40N2O9S. The van der Waals surface area contributed by atoms with Crippen LogP contribution in [0.25, 0.3) is 0 Å². The molecule has 0 bridgehead atoms. The van der Waals surface area contributed by atoms with Gasteiger partial charge in [0.2, 0.25) is 10.0 Å². The van der Waals surface area contributed by atoms with E-state index in [1.165, 1.54) is 38.3 Å². The molecule has 0 fully saturated rings. The highest BCUT2D eigenvalue weighted by Crippen LogP contribution is 2.29. The number of aliphatic hydroxyl groups is 1. The van der Waals surface area contributed by atoms with Crippen molar-refractivity contribution in [2.45, 2.75) is 55.7 Å². The molecule has 0 aromatic heterocycles. The molecule has 12 heteroatoms. The second-order valence-corrected chi connectivity index (χ2v) is 13.1. The van der Waals surface area contributed by atoms with Gasteiger partial charge in [0.05, 0.1) is 37.9 Å². The molecule has 0 aliphatic heterocycles. The number of rotatable bonds is 15. The first-order chi connectivity index (χ1) is 20.7. The Labute approximate surface area is 258 Å². The van der Waals surface area contributed by atoms with Crippen LogP contribution in [0.3, 0.4) is 0 Å². The van der Waals surface area contributed by atoms with Crippen molar-refractivity contribution in [3.63, 3.8) is 0 Å². The Kier molecular flexibility index (Phi) is 11.5. The lowest BCUT2D eigenvalue weighted by Gasteiger charge is -2.40. The predicted octanol–water partition coefficient (Wildman–Crippen LogP) is 3.37. The predicted molar refractivity (Wildman–Crippen MR) is 165 cm³/mol. The highest BCUT2D eigenvalue weighted by atomic mass is 32.2. The van der Waals surface area contributed by atoms with Crippen LogP contribution < -0.4 is 19.5 Å². The van der Waals surface area contributed by atoms with Crippen molar-refractivity contribution in [3.05, 3.63) is 90.0 Å². The molecule has 4 N–H and O–H groups in total. The van der Waals surface area contributed by atoms with E-state index in [9.17, 15) is 28.2 Å². The first-order valence-corrected chi connectivity index (χ1v) is 15.4. The van der Waals surface area contributed by atoms with Crippen LogP contribution in [0.1, 0.15) is 43.6 Å². The second kappa shape index (κ2) is 14.7. The molecule has 0 aliphatic rings. The summed E-state index contributed by atoms with van der Waals surface area (Å²) in [6, 6.07) is 17.1. The average molecular weight is 629 g/mol. The molecule has 0 aliphatic carbocycles. The van der Waals surface area contributed by atoms with E-state index < -0.39 is 39.6 Å². The fraction of sp³-hybridized carbons (Fsp3) is 0.375. The summed E-state index contributed by atoms with van der Waals surface area (Å²) in [5.41, 5.74) is -0.922. The Morgan fingerprint density at radius 1 is 0.909 bits per heavy atom. The van der Waals surface area contributed by atoms with E-state index in [4.69, 9.17) is 14.2 Å². The number of aliphatic carboxylic acids is 1. The van der Waals surface area contributed by atoms with Gasteiger partial charge in [0.25, 0.3) is 5.91 Å². The molecule has 3 aromatic rings. The van der Waals surface area contributed by atoms with Gasteiger partial charge in [0, 0.05) is 11.6 Å². The number of aliphatic hydroxyl groups excluding tert-OH is 1. The zero-order valence-electron chi connectivity index (χ0n) is 25.4. The molecule has 0 saturated heterocycles. The summed E-state index contributed by atoms with van der Waals surface area (Å²) in [5.74, 6) is -1.61. The Morgan fingerprint density at radius 3 is 2.11 bits per heavy atom. The number of sulfonamides is 1. The highest BCUT2D eigenvalue weighted by Gasteiger charge is 2.48. The van der Waals surface area contributed by atoms with Gasteiger partial charge in [-0.3, -0.25) is 4.79 Å². The highest BCUT2D eigenvalue weighted by molar-refractivity contribution is 7.89. The van der Waals surface area contributed by atoms with Gasteiger partial charge < -0.3 is 29.7 Å². The number of ether oxygens (including phenoxy) is 3. The lowest BCUT2D eigenvalue weighted by molar-refractivity contribution is -0.142. The van der Waals surface area contributed by atoms with Crippen LogP contribution in [0.2, 0.25) is 0 Å². The Bertz CT molecular complexity index is 1510. The van der Waals surface area contributed by atoms with Crippen molar-refractivity contribution in [1.82, 2.24) is 10.0 Å². The maximum Gasteiger partial charge on any atom is 0.328 e. The molecule has 1 amide bonds. The number of carboxylic acids is 1. The smallest absolute Gasteiger partial charge is 0.328 e.